The average molecular weight is 447 g/mol. The van der Waals surface area contributed by atoms with Gasteiger partial charge in [-0.2, -0.15) is 5.10 Å². The van der Waals surface area contributed by atoms with Gasteiger partial charge in [-0.1, -0.05) is 30.3 Å². The van der Waals surface area contributed by atoms with Crippen LogP contribution in [0.2, 0.25) is 0 Å². The minimum Gasteiger partial charge on any atom is -0.444 e. The quantitative estimate of drug-likeness (QED) is 0.587. The summed E-state index contributed by atoms with van der Waals surface area (Å²) in [6, 6.07) is 13.9. The number of carbonyl (C=O) groups is 2. The zero-order chi connectivity index (χ0) is 23.9. The van der Waals surface area contributed by atoms with Crippen LogP contribution in [0.5, 0.6) is 0 Å². The van der Waals surface area contributed by atoms with E-state index >= 15 is 0 Å². The van der Waals surface area contributed by atoms with Crippen LogP contribution in [0.4, 0.5) is 10.5 Å². The zero-order valence-corrected chi connectivity index (χ0v) is 20.0. The topological polar surface area (TPSA) is 76.5 Å². The van der Waals surface area contributed by atoms with E-state index in [0.29, 0.717) is 13.1 Å². The molecule has 33 heavy (non-hydrogen) atoms. The minimum absolute atomic E-state index is 0.114. The third kappa shape index (κ3) is 4.62. The normalized spacial score (nSPS) is 13.1. The van der Waals surface area contributed by atoms with Gasteiger partial charge in [-0.3, -0.25) is 9.69 Å². The van der Waals surface area contributed by atoms with E-state index in [4.69, 9.17) is 9.84 Å². The molecule has 3 aromatic rings. The molecule has 0 radical (unpaired) electrons. The predicted octanol–water partition coefficient (Wildman–Crippen LogP) is 5.37. The van der Waals surface area contributed by atoms with Gasteiger partial charge in [0.25, 0.3) is 0 Å². The van der Waals surface area contributed by atoms with Crippen LogP contribution >= 0.6 is 0 Å². The number of aromatic nitrogens is 2. The van der Waals surface area contributed by atoms with Gasteiger partial charge in [0.2, 0.25) is 5.91 Å². The van der Waals surface area contributed by atoms with E-state index in [2.05, 4.69) is 31.3 Å². The number of anilines is 1. The molecule has 1 aromatic heterocycles. The number of nitrogens with zero attached hydrogens (tertiary/aromatic N) is 3. The van der Waals surface area contributed by atoms with Gasteiger partial charge in [0.1, 0.15) is 5.60 Å². The van der Waals surface area contributed by atoms with Gasteiger partial charge in [0.05, 0.1) is 30.2 Å². The number of para-hydroxylation sites is 1. The van der Waals surface area contributed by atoms with Crippen molar-refractivity contribution in [2.24, 2.45) is 0 Å². The number of hydrogen-bond acceptors (Lipinski definition) is 4. The Morgan fingerprint density at radius 3 is 2.21 bits per heavy atom. The van der Waals surface area contributed by atoms with Crippen molar-refractivity contribution >= 4 is 17.7 Å². The number of nitrogens with one attached hydrogen (secondary N) is 1. The van der Waals surface area contributed by atoms with Crippen molar-refractivity contribution in [3.8, 4) is 16.9 Å². The lowest BCUT2D eigenvalue weighted by Gasteiger charge is -2.24. The maximum absolute atomic E-state index is 12.7. The largest absolute Gasteiger partial charge is 0.444 e. The Kier molecular flexibility index (Phi) is 5.74. The van der Waals surface area contributed by atoms with E-state index in [9.17, 15) is 9.59 Å². The average Bonchev–Trinajstić information content (AvgIpc) is 3.25. The van der Waals surface area contributed by atoms with Crippen LogP contribution < -0.4 is 5.32 Å². The summed E-state index contributed by atoms with van der Waals surface area (Å²) in [5.74, 6) is -0.114. The number of carbonyl (C=O) groups excluding carboxylic acids is 2. The molecule has 2 amide bonds. The smallest absolute Gasteiger partial charge is 0.410 e. The number of benzene rings is 2. The maximum Gasteiger partial charge on any atom is 0.410 e. The highest BCUT2D eigenvalue weighted by molar-refractivity contribution is 5.89. The lowest BCUT2D eigenvalue weighted by atomic mass is 10.0. The lowest BCUT2D eigenvalue weighted by Crippen LogP contribution is -2.33. The van der Waals surface area contributed by atoms with Crippen molar-refractivity contribution in [1.82, 2.24) is 14.7 Å². The molecule has 0 unspecified atom stereocenters. The third-order valence-corrected chi connectivity index (χ3v) is 5.54. The van der Waals surface area contributed by atoms with Gasteiger partial charge in [0, 0.05) is 23.7 Å². The maximum atomic E-state index is 12.7. The van der Waals surface area contributed by atoms with Gasteiger partial charge in [-0.05, 0) is 57.9 Å². The first-order valence-electron chi connectivity index (χ1n) is 11.1. The molecule has 172 valence electrons. The van der Waals surface area contributed by atoms with Crippen LogP contribution in [-0.2, 0) is 22.6 Å². The summed E-state index contributed by atoms with van der Waals surface area (Å²) in [5.41, 5.74) is 7.24. The first-order chi connectivity index (χ1) is 15.5. The highest BCUT2D eigenvalue weighted by atomic mass is 16.6. The van der Waals surface area contributed by atoms with Crippen LogP contribution in [0, 0.1) is 13.8 Å². The number of hydrogen-bond donors (Lipinski definition) is 1. The predicted molar refractivity (Wildman–Crippen MR) is 128 cm³/mol. The van der Waals surface area contributed by atoms with Crippen LogP contribution in [0.3, 0.4) is 0 Å². The molecule has 7 nitrogen and oxygen atoms in total. The van der Waals surface area contributed by atoms with E-state index < -0.39 is 5.60 Å². The summed E-state index contributed by atoms with van der Waals surface area (Å²) in [6.07, 6.45) is -0.342. The summed E-state index contributed by atoms with van der Waals surface area (Å²) < 4.78 is 7.58. The standard InChI is InChI=1S/C26H30N4O3/c1-16-8-7-9-17(2)23(16)30-24(19-10-12-20(13-11-19)27-18(3)31)21-14-29(15-22(21)28-30)25(32)33-26(4,5)6/h7-13H,14-15H2,1-6H3,(H,27,31). The van der Waals surface area contributed by atoms with E-state index in [1.165, 1.54) is 6.92 Å². The molecular weight excluding hydrogens is 416 g/mol. The summed E-state index contributed by atoms with van der Waals surface area (Å²) in [7, 11) is 0. The first-order valence-corrected chi connectivity index (χ1v) is 11.1. The SMILES string of the molecule is CC(=O)Nc1ccc(-c2c3c(nn2-c2c(C)cccc2C)CN(C(=O)OC(C)(C)C)C3)cc1. The molecule has 0 fully saturated rings. The molecule has 0 bridgehead atoms. The second kappa shape index (κ2) is 8.39. The summed E-state index contributed by atoms with van der Waals surface area (Å²) in [6.45, 7) is 12.1. The van der Waals surface area contributed by atoms with Crippen LogP contribution in [-0.4, -0.2) is 32.3 Å². The summed E-state index contributed by atoms with van der Waals surface area (Å²) >= 11 is 0. The van der Waals surface area contributed by atoms with Crippen molar-refractivity contribution in [1.29, 1.82) is 0 Å². The van der Waals surface area contributed by atoms with E-state index in [1.807, 2.05) is 55.8 Å². The second-order valence-corrected chi connectivity index (χ2v) is 9.52. The number of ether oxygens (including phenoxy) is 1. The van der Waals surface area contributed by atoms with Gasteiger partial charge >= 0.3 is 6.09 Å². The van der Waals surface area contributed by atoms with Crippen LogP contribution in [0.1, 0.15) is 50.1 Å². The molecular formula is C26H30N4O3. The van der Waals surface area contributed by atoms with Crippen molar-refractivity contribution in [2.45, 2.75) is 60.2 Å². The molecule has 7 heteroatoms. The van der Waals surface area contributed by atoms with Gasteiger partial charge < -0.3 is 10.1 Å². The fourth-order valence-corrected chi connectivity index (χ4v) is 4.18. The second-order valence-electron chi connectivity index (χ2n) is 9.52. The molecule has 1 aliphatic rings. The third-order valence-electron chi connectivity index (χ3n) is 5.54. The molecule has 0 saturated heterocycles. The number of rotatable bonds is 3. The number of aryl methyl sites for hydroxylation is 2. The molecule has 1 N–H and O–H groups in total. The Morgan fingerprint density at radius 1 is 1.00 bits per heavy atom. The number of amides is 2. The lowest BCUT2D eigenvalue weighted by molar-refractivity contribution is -0.114. The molecule has 0 aliphatic carbocycles. The Hall–Kier alpha value is -3.61. The monoisotopic (exact) mass is 446 g/mol. The highest BCUT2D eigenvalue weighted by Gasteiger charge is 2.34. The van der Waals surface area contributed by atoms with Crippen LogP contribution in [0.25, 0.3) is 16.9 Å². The highest BCUT2D eigenvalue weighted by Crippen LogP contribution is 2.37. The Balaban J connectivity index is 1.79. The van der Waals surface area contributed by atoms with Crippen LogP contribution in [0.15, 0.2) is 42.5 Å². The first kappa shape index (κ1) is 22.6. The van der Waals surface area contributed by atoms with Crippen molar-refractivity contribution < 1.29 is 14.3 Å². The Morgan fingerprint density at radius 2 is 1.64 bits per heavy atom. The molecule has 0 atom stereocenters. The fraction of sp³-hybridized carbons (Fsp3) is 0.346. The molecule has 0 spiro atoms. The molecule has 2 heterocycles. The molecule has 2 aromatic carbocycles. The van der Waals surface area contributed by atoms with E-state index in [0.717, 1.165) is 45.0 Å². The molecule has 0 saturated carbocycles. The molecule has 1 aliphatic heterocycles. The zero-order valence-electron chi connectivity index (χ0n) is 20.0. The van der Waals surface area contributed by atoms with Gasteiger partial charge in [-0.15, -0.1) is 0 Å². The minimum atomic E-state index is -0.558. The Bertz CT molecular complexity index is 1200. The van der Waals surface area contributed by atoms with Gasteiger partial charge in [0.15, 0.2) is 0 Å². The fourth-order valence-electron chi connectivity index (χ4n) is 4.18. The van der Waals surface area contributed by atoms with Crippen molar-refractivity contribution in [3.63, 3.8) is 0 Å². The van der Waals surface area contributed by atoms with Crippen molar-refractivity contribution in [3.05, 3.63) is 64.8 Å². The Labute approximate surface area is 194 Å². The van der Waals surface area contributed by atoms with E-state index in [1.54, 1.807) is 4.90 Å². The summed E-state index contributed by atoms with van der Waals surface area (Å²) in [4.78, 5) is 25.8. The number of fused-ring (bicyclic) bond motifs is 1. The summed E-state index contributed by atoms with van der Waals surface area (Å²) in [5, 5.41) is 7.76. The van der Waals surface area contributed by atoms with Gasteiger partial charge in [-0.25, -0.2) is 9.48 Å². The molecule has 4 rings (SSSR count). The van der Waals surface area contributed by atoms with E-state index in [-0.39, 0.29) is 12.0 Å². The van der Waals surface area contributed by atoms with Crippen molar-refractivity contribution in [2.75, 3.05) is 5.32 Å².